The molecule has 0 saturated heterocycles. The molecule has 0 heterocycles. The van der Waals surface area contributed by atoms with E-state index in [4.69, 9.17) is 21.1 Å². The molecule has 3 rings (SSSR count). The average molecular weight is 466 g/mol. The molecule has 0 aliphatic heterocycles. The fourth-order valence-corrected chi connectivity index (χ4v) is 2.83. The second-order valence-corrected chi connectivity index (χ2v) is 7.12. The Bertz CT molecular complexity index is 1190. The number of anilines is 1. The molecule has 33 heavy (non-hydrogen) atoms. The van der Waals surface area contributed by atoms with E-state index in [9.17, 15) is 14.4 Å². The number of methoxy groups -OCH3 is 1. The third kappa shape index (κ3) is 6.41. The number of nitrogens with zero attached hydrogens (tertiary/aromatic N) is 1. The van der Waals surface area contributed by atoms with Crippen LogP contribution in [0.25, 0.3) is 0 Å². The first-order valence-corrected chi connectivity index (χ1v) is 10.1. The molecule has 168 valence electrons. The van der Waals surface area contributed by atoms with Gasteiger partial charge in [-0.15, -0.1) is 0 Å². The van der Waals surface area contributed by atoms with Gasteiger partial charge in [0, 0.05) is 0 Å². The first-order valence-electron chi connectivity index (χ1n) is 9.74. The summed E-state index contributed by atoms with van der Waals surface area (Å²) < 4.78 is 10.4. The fraction of sp³-hybridized carbons (Fsp3) is 0.0833. The van der Waals surface area contributed by atoms with Gasteiger partial charge in [-0.2, -0.15) is 5.10 Å². The molecule has 9 heteroatoms. The number of ether oxygens (including phenoxy) is 2. The van der Waals surface area contributed by atoms with Crippen molar-refractivity contribution in [3.63, 3.8) is 0 Å². The number of nitrogens with one attached hydrogen (secondary N) is 2. The molecule has 0 unspecified atom stereocenters. The van der Waals surface area contributed by atoms with Gasteiger partial charge in [0.15, 0.2) is 0 Å². The summed E-state index contributed by atoms with van der Waals surface area (Å²) in [7, 11) is 1.54. The summed E-state index contributed by atoms with van der Waals surface area (Å²) in [6.07, 6.45) is 0. The lowest BCUT2D eigenvalue weighted by Gasteiger charge is -2.07. The summed E-state index contributed by atoms with van der Waals surface area (Å²) in [6, 6.07) is 19.6. The van der Waals surface area contributed by atoms with Gasteiger partial charge in [0.05, 0.1) is 29.1 Å². The molecule has 0 aliphatic carbocycles. The second-order valence-electron chi connectivity index (χ2n) is 6.71. The highest BCUT2D eigenvalue weighted by molar-refractivity contribution is 6.41. The lowest BCUT2D eigenvalue weighted by atomic mass is 10.1. The molecule has 0 fully saturated rings. The number of carbonyl (C=O) groups is 3. The number of para-hydroxylation sites is 1. The molecule has 0 aliphatic rings. The predicted molar refractivity (Wildman–Crippen MR) is 125 cm³/mol. The molecule has 2 N–H and O–H groups in total. The van der Waals surface area contributed by atoms with Gasteiger partial charge in [0.1, 0.15) is 11.5 Å². The molecule has 0 saturated carbocycles. The number of hydrogen-bond acceptors (Lipinski definition) is 6. The zero-order valence-corrected chi connectivity index (χ0v) is 18.6. The van der Waals surface area contributed by atoms with Gasteiger partial charge in [0.2, 0.25) is 0 Å². The highest BCUT2D eigenvalue weighted by Crippen LogP contribution is 2.20. The summed E-state index contributed by atoms with van der Waals surface area (Å²) in [5.41, 5.74) is 4.00. The van der Waals surface area contributed by atoms with Crippen molar-refractivity contribution in [3.8, 4) is 11.5 Å². The van der Waals surface area contributed by atoms with Crippen molar-refractivity contribution in [2.75, 3.05) is 12.4 Å². The maximum Gasteiger partial charge on any atom is 0.343 e. The SMILES string of the molecule is COc1ccc(C(=O)Oc2ccc(/C(C)=N/NC(=O)C(=O)Nc3ccccc3Cl)cc2)cc1. The zero-order valence-electron chi connectivity index (χ0n) is 17.8. The molecule has 0 bridgehead atoms. The van der Waals surface area contributed by atoms with Crippen molar-refractivity contribution < 1.29 is 23.9 Å². The Morgan fingerprint density at radius 2 is 1.42 bits per heavy atom. The summed E-state index contributed by atoms with van der Waals surface area (Å²) in [6.45, 7) is 1.66. The largest absolute Gasteiger partial charge is 0.497 e. The molecule has 0 atom stereocenters. The first kappa shape index (κ1) is 23.5. The minimum Gasteiger partial charge on any atom is -0.497 e. The van der Waals surface area contributed by atoms with E-state index in [0.717, 1.165) is 0 Å². The van der Waals surface area contributed by atoms with Crippen LogP contribution in [0.2, 0.25) is 5.02 Å². The minimum absolute atomic E-state index is 0.311. The summed E-state index contributed by atoms with van der Waals surface area (Å²) in [5, 5.41) is 6.66. The maximum atomic E-state index is 12.2. The Morgan fingerprint density at radius 1 is 0.818 bits per heavy atom. The number of benzene rings is 3. The standard InChI is InChI=1S/C24H20ClN3O5/c1-15(27-28-23(30)22(29)26-21-6-4-3-5-20(21)25)16-7-13-19(14-8-16)33-24(31)17-9-11-18(32-2)12-10-17/h3-14H,1-2H3,(H,26,29)(H,28,30)/b27-15+. The van der Waals surface area contributed by atoms with E-state index in [1.54, 1.807) is 86.8 Å². The van der Waals surface area contributed by atoms with E-state index in [-0.39, 0.29) is 0 Å². The number of amides is 2. The van der Waals surface area contributed by atoms with E-state index >= 15 is 0 Å². The lowest BCUT2D eigenvalue weighted by molar-refractivity contribution is -0.136. The zero-order chi connectivity index (χ0) is 23.8. The van der Waals surface area contributed by atoms with Crippen LogP contribution in [0.4, 0.5) is 5.69 Å². The van der Waals surface area contributed by atoms with Crippen molar-refractivity contribution in [1.82, 2.24) is 5.43 Å². The highest BCUT2D eigenvalue weighted by Gasteiger charge is 2.15. The number of esters is 1. The Labute approximate surface area is 195 Å². The normalized spacial score (nSPS) is 10.8. The van der Waals surface area contributed by atoms with Gasteiger partial charge in [-0.05, 0) is 73.2 Å². The minimum atomic E-state index is -0.945. The Kier molecular flexibility index (Phi) is 7.77. The van der Waals surface area contributed by atoms with Crippen molar-refractivity contribution in [1.29, 1.82) is 0 Å². The van der Waals surface area contributed by atoms with E-state index < -0.39 is 17.8 Å². The molecule has 0 aromatic heterocycles. The van der Waals surface area contributed by atoms with Gasteiger partial charge in [-0.3, -0.25) is 9.59 Å². The summed E-state index contributed by atoms with van der Waals surface area (Å²) in [5.74, 6) is -1.37. The van der Waals surface area contributed by atoms with Crippen LogP contribution in [0, 0.1) is 0 Å². The molecule has 0 spiro atoms. The van der Waals surface area contributed by atoms with Crippen LogP contribution >= 0.6 is 11.6 Å². The van der Waals surface area contributed by atoms with Crippen LogP contribution < -0.4 is 20.2 Å². The van der Waals surface area contributed by atoms with E-state index in [0.29, 0.717) is 39.0 Å². The number of hydrogen-bond donors (Lipinski definition) is 2. The Balaban J connectivity index is 1.56. The third-order valence-corrected chi connectivity index (χ3v) is 4.79. The van der Waals surface area contributed by atoms with Crippen LogP contribution in [-0.2, 0) is 9.59 Å². The number of rotatable bonds is 6. The third-order valence-electron chi connectivity index (χ3n) is 4.46. The Hall–Kier alpha value is -4.17. The van der Waals surface area contributed by atoms with Gasteiger partial charge < -0.3 is 14.8 Å². The smallest absolute Gasteiger partial charge is 0.343 e. The molecule has 8 nitrogen and oxygen atoms in total. The predicted octanol–water partition coefficient (Wildman–Crippen LogP) is 4.05. The average Bonchev–Trinajstić information content (AvgIpc) is 2.84. The number of carbonyl (C=O) groups excluding carboxylic acids is 3. The quantitative estimate of drug-likeness (QED) is 0.188. The first-order chi connectivity index (χ1) is 15.9. The van der Waals surface area contributed by atoms with E-state index in [2.05, 4.69) is 15.8 Å². The monoisotopic (exact) mass is 465 g/mol. The molecule has 0 radical (unpaired) electrons. The van der Waals surface area contributed by atoms with Crippen molar-refractivity contribution >= 4 is 40.8 Å². The molecule has 3 aromatic rings. The van der Waals surface area contributed by atoms with Crippen molar-refractivity contribution in [2.24, 2.45) is 5.10 Å². The summed E-state index contributed by atoms with van der Waals surface area (Å²) in [4.78, 5) is 36.3. The fourth-order valence-electron chi connectivity index (χ4n) is 2.65. The topological polar surface area (TPSA) is 106 Å². The van der Waals surface area contributed by atoms with Gasteiger partial charge >= 0.3 is 17.8 Å². The van der Waals surface area contributed by atoms with Gasteiger partial charge in [0.25, 0.3) is 0 Å². The lowest BCUT2D eigenvalue weighted by Crippen LogP contribution is -2.33. The highest BCUT2D eigenvalue weighted by atomic mass is 35.5. The van der Waals surface area contributed by atoms with Crippen LogP contribution in [0.3, 0.4) is 0 Å². The summed E-state index contributed by atoms with van der Waals surface area (Å²) >= 11 is 5.96. The van der Waals surface area contributed by atoms with Gasteiger partial charge in [-0.25, -0.2) is 10.2 Å². The van der Waals surface area contributed by atoms with E-state index in [1.165, 1.54) is 0 Å². The molecular weight excluding hydrogens is 446 g/mol. The number of halogens is 1. The van der Waals surface area contributed by atoms with Crippen molar-refractivity contribution in [2.45, 2.75) is 6.92 Å². The van der Waals surface area contributed by atoms with Crippen LogP contribution in [0.15, 0.2) is 77.9 Å². The van der Waals surface area contributed by atoms with Gasteiger partial charge in [-0.1, -0.05) is 23.7 Å². The second kappa shape index (κ2) is 10.9. The van der Waals surface area contributed by atoms with Crippen LogP contribution in [-0.4, -0.2) is 30.6 Å². The molecule has 2 amide bonds. The number of hydrazone groups is 1. The van der Waals surface area contributed by atoms with Crippen LogP contribution in [0.5, 0.6) is 11.5 Å². The molecule has 3 aromatic carbocycles. The maximum absolute atomic E-state index is 12.2. The molecular formula is C24H20ClN3O5. The Morgan fingerprint density at radius 3 is 2.06 bits per heavy atom. The van der Waals surface area contributed by atoms with Crippen LogP contribution in [0.1, 0.15) is 22.8 Å². The van der Waals surface area contributed by atoms with Crippen molar-refractivity contribution in [3.05, 3.63) is 88.9 Å². The van der Waals surface area contributed by atoms with E-state index in [1.807, 2.05) is 0 Å².